The van der Waals surface area contributed by atoms with Gasteiger partial charge in [0.2, 0.25) is 0 Å². The second kappa shape index (κ2) is 7.31. The van der Waals surface area contributed by atoms with Crippen molar-refractivity contribution in [2.24, 2.45) is 0 Å². The number of aromatic carboxylic acids is 1. The molecule has 150 valence electrons. The Morgan fingerprint density at radius 1 is 1.07 bits per heavy atom. The average Bonchev–Trinajstić information content (AvgIpc) is 2.99. The van der Waals surface area contributed by atoms with Gasteiger partial charge in [-0.2, -0.15) is 22.8 Å². The number of hydrogen-bond donors (Lipinski definition) is 2. The topological polar surface area (TPSA) is 79.5 Å². The Labute approximate surface area is 164 Å². The van der Waals surface area contributed by atoms with Crippen LogP contribution in [0.15, 0.2) is 36.4 Å². The highest BCUT2D eigenvalue weighted by Gasteiger charge is 2.34. The van der Waals surface area contributed by atoms with E-state index in [1.54, 1.807) is 0 Å². The molecular weight excluding hydrogens is 397 g/mol. The number of benzene rings is 1. The molecule has 2 heterocycles. The Kier molecular flexibility index (Phi) is 5.61. The molecule has 6 nitrogen and oxygen atoms in total. The lowest BCUT2D eigenvalue weighted by Crippen LogP contribution is -2.13. The molecule has 0 aliphatic heterocycles. The fourth-order valence-electron chi connectivity index (χ4n) is 2.42. The van der Waals surface area contributed by atoms with Gasteiger partial charge in [0.05, 0.1) is 11.3 Å². The maximum atomic E-state index is 13.2. The van der Waals surface area contributed by atoms with Crippen molar-refractivity contribution >= 4 is 35.5 Å². The van der Waals surface area contributed by atoms with Crippen LogP contribution in [0.2, 0.25) is 0 Å². The van der Waals surface area contributed by atoms with E-state index >= 15 is 0 Å². The number of halogens is 4. The molecule has 10 heteroatoms. The van der Waals surface area contributed by atoms with E-state index in [1.165, 1.54) is 34.8 Å². The summed E-state index contributed by atoms with van der Waals surface area (Å²) < 4.78 is 41.0. The molecule has 2 aromatic heterocycles. The van der Waals surface area contributed by atoms with Crippen molar-refractivity contribution in [1.82, 2.24) is 14.6 Å². The van der Waals surface area contributed by atoms with Gasteiger partial charge in [-0.05, 0) is 24.3 Å². The minimum Gasteiger partial charge on any atom is -0.478 e. The van der Waals surface area contributed by atoms with E-state index in [2.05, 4.69) is 15.4 Å². The van der Waals surface area contributed by atoms with Crippen LogP contribution in [0.4, 0.5) is 24.7 Å². The van der Waals surface area contributed by atoms with Crippen molar-refractivity contribution in [3.05, 3.63) is 53.3 Å². The highest BCUT2D eigenvalue weighted by Crippen LogP contribution is 2.32. The van der Waals surface area contributed by atoms with Crippen LogP contribution in [0, 0.1) is 0 Å². The number of fused-ring (bicyclic) bond motifs is 1. The zero-order valence-electron chi connectivity index (χ0n) is 15.2. The number of carbonyl (C=O) groups is 1. The first-order valence-electron chi connectivity index (χ1n) is 8.04. The van der Waals surface area contributed by atoms with Crippen LogP contribution in [0.3, 0.4) is 0 Å². The molecule has 0 radical (unpaired) electrons. The van der Waals surface area contributed by atoms with Crippen LogP contribution < -0.4 is 5.32 Å². The molecule has 0 aliphatic rings. The van der Waals surface area contributed by atoms with Crippen molar-refractivity contribution < 1.29 is 23.1 Å². The third kappa shape index (κ3) is 4.36. The van der Waals surface area contributed by atoms with E-state index in [0.29, 0.717) is 11.4 Å². The number of rotatable bonds is 3. The molecular formula is C18H18ClF3N4O2. The number of aromatic nitrogens is 3. The molecule has 0 unspecified atom stereocenters. The zero-order chi connectivity index (χ0) is 20.0. The average molecular weight is 415 g/mol. The minimum absolute atomic E-state index is 0. The lowest BCUT2D eigenvalue weighted by Gasteiger charge is -2.14. The molecule has 0 saturated carbocycles. The Balaban J connectivity index is 0.00000280. The number of carboxylic acid groups (broad SMARTS) is 1. The van der Waals surface area contributed by atoms with Crippen molar-refractivity contribution in [3.8, 4) is 0 Å². The molecule has 1 aromatic carbocycles. The summed E-state index contributed by atoms with van der Waals surface area (Å²) in [6, 6.07) is 8.05. The zero-order valence-corrected chi connectivity index (χ0v) is 16.0. The Hall–Kier alpha value is -2.81. The first kappa shape index (κ1) is 21.5. The van der Waals surface area contributed by atoms with Gasteiger partial charge < -0.3 is 10.4 Å². The van der Waals surface area contributed by atoms with Crippen LogP contribution in [0.5, 0.6) is 0 Å². The van der Waals surface area contributed by atoms with Gasteiger partial charge in [0, 0.05) is 23.2 Å². The molecule has 3 rings (SSSR count). The maximum absolute atomic E-state index is 13.2. The molecule has 0 spiro atoms. The van der Waals surface area contributed by atoms with Crippen molar-refractivity contribution in [2.75, 3.05) is 5.32 Å². The van der Waals surface area contributed by atoms with Gasteiger partial charge in [-0.15, -0.1) is 12.4 Å². The quantitative estimate of drug-likeness (QED) is 0.636. The van der Waals surface area contributed by atoms with Gasteiger partial charge in [0.15, 0.2) is 11.3 Å². The Morgan fingerprint density at radius 3 is 2.18 bits per heavy atom. The molecule has 28 heavy (non-hydrogen) atoms. The van der Waals surface area contributed by atoms with Gasteiger partial charge in [-0.3, -0.25) is 0 Å². The highest BCUT2D eigenvalue weighted by molar-refractivity contribution is 5.88. The standard InChI is InChI=1S/C18H17F3N4O2.ClH/c1-17(2,3)12-8-15-23-13(18(19,20)21)9-14(25(15)24-12)22-11-6-4-10(5-7-11)16(26)27;/h4-9,22H,1-3H3,(H,26,27);1H. The smallest absolute Gasteiger partial charge is 0.433 e. The van der Waals surface area contributed by atoms with E-state index in [9.17, 15) is 18.0 Å². The molecule has 0 saturated heterocycles. The van der Waals surface area contributed by atoms with E-state index in [4.69, 9.17) is 5.11 Å². The lowest BCUT2D eigenvalue weighted by molar-refractivity contribution is -0.141. The van der Waals surface area contributed by atoms with Crippen LogP contribution >= 0.6 is 12.4 Å². The van der Waals surface area contributed by atoms with E-state index in [0.717, 1.165) is 6.07 Å². The van der Waals surface area contributed by atoms with Gasteiger partial charge in [0.25, 0.3) is 0 Å². The van der Waals surface area contributed by atoms with Gasteiger partial charge in [0.1, 0.15) is 5.82 Å². The summed E-state index contributed by atoms with van der Waals surface area (Å²) >= 11 is 0. The summed E-state index contributed by atoms with van der Waals surface area (Å²) in [6.07, 6.45) is -4.61. The monoisotopic (exact) mass is 414 g/mol. The van der Waals surface area contributed by atoms with E-state index < -0.39 is 17.8 Å². The minimum atomic E-state index is -4.61. The summed E-state index contributed by atoms with van der Waals surface area (Å²) in [5.41, 5.74) is -0.246. The second-order valence-corrected chi connectivity index (χ2v) is 7.08. The number of anilines is 2. The summed E-state index contributed by atoms with van der Waals surface area (Å²) in [5, 5.41) is 16.2. The van der Waals surface area contributed by atoms with Gasteiger partial charge >= 0.3 is 12.1 Å². The first-order chi connectivity index (χ1) is 12.4. The first-order valence-corrected chi connectivity index (χ1v) is 8.04. The number of carboxylic acids is 1. The fraction of sp³-hybridized carbons (Fsp3) is 0.278. The third-order valence-electron chi connectivity index (χ3n) is 3.89. The molecule has 0 atom stereocenters. The van der Waals surface area contributed by atoms with E-state index in [1.807, 2.05) is 20.8 Å². The van der Waals surface area contributed by atoms with Crippen molar-refractivity contribution in [3.63, 3.8) is 0 Å². The largest absolute Gasteiger partial charge is 0.478 e. The number of nitrogens with one attached hydrogen (secondary N) is 1. The molecule has 0 bridgehead atoms. The van der Waals surface area contributed by atoms with Crippen LogP contribution in [0.1, 0.15) is 42.5 Å². The molecule has 0 aliphatic carbocycles. The summed E-state index contributed by atoms with van der Waals surface area (Å²) in [6.45, 7) is 5.70. The normalized spacial score (nSPS) is 11.9. The second-order valence-electron chi connectivity index (χ2n) is 7.08. The van der Waals surface area contributed by atoms with Crippen LogP contribution in [-0.4, -0.2) is 25.7 Å². The van der Waals surface area contributed by atoms with Gasteiger partial charge in [-0.1, -0.05) is 20.8 Å². The van der Waals surface area contributed by atoms with Gasteiger partial charge in [-0.25, -0.2) is 9.78 Å². The van der Waals surface area contributed by atoms with E-state index in [-0.39, 0.29) is 34.9 Å². The SMILES string of the molecule is CC(C)(C)c1cc2nc(C(F)(F)F)cc(Nc3ccc(C(=O)O)cc3)n2n1.Cl. The summed E-state index contributed by atoms with van der Waals surface area (Å²) in [7, 11) is 0. The number of alkyl halides is 3. The predicted molar refractivity (Wildman–Crippen MR) is 101 cm³/mol. The number of hydrogen-bond acceptors (Lipinski definition) is 4. The predicted octanol–water partition coefficient (Wildman–Crippen LogP) is 4.91. The summed E-state index contributed by atoms with van der Waals surface area (Å²) in [5.74, 6) is -1.01. The van der Waals surface area contributed by atoms with Crippen molar-refractivity contribution in [1.29, 1.82) is 0 Å². The van der Waals surface area contributed by atoms with Crippen molar-refractivity contribution in [2.45, 2.75) is 32.4 Å². The molecule has 0 fully saturated rings. The summed E-state index contributed by atoms with van der Waals surface area (Å²) in [4.78, 5) is 14.6. The maximum Gasteiger partial charge on any atom is 0.433 e. The van der Waals surface area contributed by atoms with Crippen LogP contribution in [-0.2, 0) is 11.6 Å². The molecule has 0 amide bonds. The lowest BCUT2D eigenvalue weighted by atomic mass is 9.93. The fourth-order valence-corrected chi connectivity index (χ4v) is 2.42. The highest BCUT2D eigenvalue weighted by atomic mass is 35.5. The third-order valence-corrected chi connectivity index (χ3v) is 3.89. The Morgan fingerprint density at radius 2 is 1.68 bits per heavy atom. The van der Waals surface area contributed by atoms with Crippen LogP contribution in [0.25, 0.3) is 5.65 Å². The molecule has 2 N–H and O–H groups in total. The number of nitrogens with zero attached hydrogens (tertiary/aromatic N) is 3. The molecule has 3 aromatic rings. The Bertz CT molecular complexity index is 1010.